The van der Waals surface area contributed by atoms with E-state index in [0.29, 0.717) is 22.1 Å². The second-order valence-corrected chi connectivity index (χ2v) is 6.08. The molecule has 0 aliphatic carbocycles. The first kappa shape index (κ1) is 15.9. The highest BCUT2D eigenvalue weighted by Crippen LogP contribution is 2.32. The predicted molar refractivity (Wildman–Crippen MR) is 86.8 cm³/mol. The number of alkyl halides is 1. The van der Waals surface area contributed by atoms with E-state index in [0.717, 1.165) is 0 Å². The number of benzene rings is 2. The van der Waals surface area contributed by atoms with E-state index in [2.05, 4.69) is 0 Å². The molecule has 0 bridgehead atoms. The number of carbonyl (C=O) groups is 1. The summed E-state index contributed by atoms with van der Waals surface area (Å²) in [6.45, 7) is 3.62. The van der Waals surface area contributed by atoms with Gasteiger partial charge in [-0.15, -0.1) is 11.6 Å². The summed E-state index contributed by atoms with van der Waals surface area (Å²) in [4.78, 5) is 12.3. The number of rotatable bonds is 5. The summed E-state index contributed by atoms with van der Waals surface area (Å²) in [6.07, 6.45) is 0. The number of ketones is 1. The highest BCUT2D eigenvalue weighted by molar-refractivity contribution is 6.32. The largest absolute Gasteiger partial charge is 0.456 e. The smallest absolute Gasteiger partial charge is 0.169 e. The number of para-hydroxylation sites is 1. The number of halogens is 2. The quantitative estimate of drug-likeness (QED) is 0.530. The van der Waals surface area contributed by atoms with Crippen molar-refractivity contribution in [1.29, 1.82) is 0 Å². The van der Waals surface area contributed by atoms with Gasteiger partial charge in [0.2, 0.25) is 0 Å². The lowest BCUT2D eigenvalue weighted by molar-refractivity contribution is 0.0862. The van der Waals surface area contributed by atoms with Gasteiger partial charge in [-0.25, -0.2) is 0 Å². The van der Waals surface area contributed by atoms with Gasteiger partial charge >= 0.3 is 0 Å². The lowest BCUT2D eigenvalue weighted by atomic mass is 9.86. The number of carbonyl (C=O) groups excluding carboxylic acids is 1. The van der Waals surface area contributed by atoms with Crippen molar-refractivity contribution < 1.29 is 9.53 Å². The molecule has 0 radical (unpaired) electrons. The lowest BCUT2D eigenvalue weighted by Gasteiger charge is -2.20. The Kier molecular flexibility index (Phi) is 4.92. The van der Waals surface area contributed by atoms with Crippen LogP contribution < -0.4 is 4.74 Å². The zero-order valence-corrected chi connectivity index (χ0v) is 13.4. The standard InChI is InChI=1S/C17H16Cl2O2/c1-17(2,11-18)16(20)12-8-9-15(14(19)10-12)21-13-6-4-3-5-7-13/h3-10H,11H2,1-2H3. The Morgan fingerprint density at radius 1 is 1.14 bits per heavy atom. The second kappa shape index (κ2) is 6.50. The highest BCUT2D eigenvalue weighted by atomic mass is 35.5. The molecule has 110 valence electrons. The molecule has 4 heteroatoms. The Bertz CT molecular complexity index is 636. The molecule has 0 saturated carbocycles. The van der Waals surface area contributed by atoms with Crippen LogP contribution in [0.15, 0.2) is 48.5 Å². The van der Waals surface area contributed by atoms with Crippen LogP contribution in [0.3, 0.4) is 0 Å². The Morgan fingerprint density at radius 2 is 1.81 bits per heavy atom. The van der Waals surface area contributed by atoms with E-state index >= 15 is 0 Å². The summed E-state index contributed by atoms with van der Waals surface area (Å²) in [6, 6.07) is 14.4. The lowest BCUT2D eigenvalue weighted by Crippen LogP contribution is -2.26. The number of hydrogen-bond donors (Lipinski definition) is 0. The van der Waals surface area contributed by atoms with Gasteiger partial charge in [-0.1, -0.05) is 43.6 Å². The molecule has 0 saturated heterocycles. The normalized spacial score (nSPS) is 11.2. The van der Waals surface area contributed by atoms with Gasteiger partial charge in [0.05, 0.1) is 5.02 Å². The van der Waals surface area contributed by atoms with Crippen LogP contribution in [-0.2, 0) is 0 Å². The molecule has 0 N–H and O–H groups in total. The SMILES string of the molecule is CC(C)(CCl)C(=O)c1ccc(Oc2ccccc2)c(Cl)c1. The minimum absolute atomic E-state index is 0.0364. The van der Waals surface area contributed by atoms with Crippen LogP contribution >= 0.6 is 23.2 Å². The summed E-state index contributed by atoms with van der Waals surface area (Å²) < 4.78 is 5.69. The second-order valence-electron chi connectivity index (χ2n) is 5.41. The zero-order valence-electron chi connectivity index (χ0n) is 11.9. The van der Waals surface area contributed by atoms with Crippen molar-refractivity contribution in [2.24, 2.45) is 5.41 Å². The van der Waals surface area contributed by atoms with Crippen molar-refractivity contribution in [1.82, 2.24) is 0 Å². The van der Waals surface area contributed by atoms with Crippen molar-refractivity contribution >= 4 is 29.0 Å². The van der Waals surface area contributed by atoms with Gasteiger partial charge in [0, 0.05) is 16.9 Å². The Balaban J connectivity index is 2.24. The molecule has 2 aromatic carbocycles. The van der Waals surface area contributed by atoms with E-state index < -0.39 is 5.41 Å². The van der Waals surface area contributed by atoms with Crippen molar-refractivity contribution in [2.75, 3.05) is 5.88 Å². The molecular weight excluding hydrogens is 307 g/mol. The van der Waals surface area contributed by atoms with E-state index in [1.807, 2.05) is 44.2 Å². The molecule has 0 aliphatic rings. The maximum Gasteiger partial charge on any atom is 0.169 e. The van der Waals surface area contributed by atoms with Gasteiger partial charge in [0.1, 0.15) is 11.5 Å². The van der Waals surface area contributed by atoms with Crippen LogP contribution in [0.2, 0.25) is 5.02 Å². The molecule has 0 aliphatic heterocycles. The van der Waals surface area contributed by atoms with Gasteiger partial charge in [-0.05, 0) is 30.3 Å². The van der Waals surface area contributed by atoms with Gasteiger partial charge < -0.3 is 4.74 Å². The third-order valence-electron chi connectivity index (χ3n) is 3.11. The summed E-state index contributed by atoms with van der Waals surface area (Å²) in [5, 5.41) is 0.398. The van der Waals surface area contributed by atoms with Crippen molar-refractivity contribution in [3.63, 3.8) is 0 Å². The summed E-state index contributed by atoms with van der Waals surface area (Å²) in [7, 11) is 0. The van der Waals surface area contributed by atoms with E-state index in [1.54, 1.807) is 18.2 Å². The monoisotopic (exact) mass is 322 g/mol. The Hall–Kier alpha value is -1.51. The number of hydrogen-bond acceptors (Lipinski definition) is 2. The number of Topliss-reactive ketones (excluding diaryl/α,β-unsaturated/α-hetero) is 1. The van der Waals surface area contributed by atoms with Crippen molar-refractivity contribution in [3.8, 4) is 11.5 Å². The maximum absolute atomic E-state index is 12.3. The van der Waals surface area contributed by atoms with Crippen molar-refractivity contribution in [2.45, 2.75) is 13.8 Å². The van der Waals surface area contributed by atoms with Crippen LogP contribution in [0.25, 0.3) is 0 Å². The first-order chi connectivity index (χ1) is 9.94. The van der Waals surface area contributed by atoms with E-state index in [4.69, 9.17) is 27.9 Å². The molecule has 2 rings (SSSR count). The van der Waals surface area contributed by atoms with E-state index in [9.17, 15) is 4.79 Å². The summed E-state index contributed by atoms with van der Waals surface area (Å²) in [5.41, 5.74) is -0.0850. The molecule has 0 heterocycles. The van der Waals surface area contributed by atoms with Crippen LogP contribution in [0.1, 0.15) is 24.2 Å². The zero-order chi connectivity index (χ0) is 15.5. The fraction of sp³-hybridized carbons (Fsp3) is 0.235. The third kappa shape index (κ3) is 3.78. The minimum Gasteiger partial charge on any atom is -0.456 e. The highest BCUT2D eigenvalue weighted by Gasteiger charge is 2.28. The fourth-order valence-corrected chi connectivity index (χ4v) is 2.13. The molecule has 2 aromatic rings. The van der Waals surface area contributed by atoms with Gasteiger partial charge in [-0.3, -0.25) is 4.79 Å². The molecule has 0 fully saturated rings. The first-order valence-corrected chi connectivity index (χ1v) is 7.48. The number of ether oxygens (including phenoxy) is 1. The van der Waals surface area contributed by atoms with Gasteiger partial charge in [0.25, 0.3) is 0 Å². The average molecular weight is 323 g/mol. The molecule has 0 atom stereocenters. The topological polar surface area (TPSA) is 26.3 Å². The van der Waals surface area contributed by atoms with E-state index in [1.165, 1.54) is 0 Å². The first-order valence-electron chi connectivity index (χ1n) is 6.57. The van der Waals surface area contributed by atoms with Crippen LogP contribution in [0, 0.1) is 5.41 Å². The molecule has 2 nitrogen and oxygen atoms in total. The summed E-state index contributed by atoms with van der Waals surface area (Å²) in [5.74, 6) is 1.43. The van der Waals surface area contributed by atoms with Gasteiger partial charge in [0.15, 0.2) is 5.78 Å². The van der Waals surface area contributed by atoms with Crippen LogP contribution in [0.5, 0.6) is 11.5 Å². The molecule has 0 unspecified atom stereocenters. The average Bonchev–Trinajstić information content (AvgIpc) is 2.49. The predicted octanol–water partition coefficient (Wildman–Crippen LogP) is 5.58. The molecular formula is C17H16Cl2O2. The Morgan fingerprint density at radius 3 is 2.38 bits per heavy atom. The fourth-order valence-electron chi connectivity index (χ4n) is 1.79. The maximum atomic E-state index is 12.3. The molecule has 0 spiro atoms. The van der Waals surface area contributed by atoms with E-state index in [-0.39, 0.29) is 11.7 Å². The Labute approximate surface area is 134 Å². The third-order valence-corrected chi connectivity index (χ3v) is 4.08. The van der Waals surface area contributed by atoms with Crippen LogP contribution in [0.4, 0.5) is 0 Å². The van der Waals surface area contributed by atoms with Crippen molar-refractivity contribution in [3.05, 3.63) is 59.1 Å². The molecule has 21 heavy (non-hydrogen) atoms. The molecule has 0 amide bonds. The van der Waals surface area contributed by atoms with Crippen LogP contribution in [-0.4, -0.2) is 11.7 Å². The molecule has 0 aromatic heterocycles. The summed E-state index contributed by atoms with van der Waals surface area (Å²) >= 11 is 12.0. The minimum atomic E-state index is -0.618. The van der Waals surface area contributed by atoms with Gasteiger partial charge in [-0.2, -0.15) is 0 Å².